The number of nitrogens with zero attached hydrogens (tertiary/aromatic N) is 2. The van der Waals surface area contributed by atoms with E-state index < -0.39 is 34.9 Å². The molecule has 2 nitrogen and oxygen atoms in total. The topological polar surface area (TPSA) is 6.48 Å². The van der Waals surface area contributed by atoms with Crippen LogP contribution in [-0.4, -0.2) is 49.6 Å². The number of rotatable bonds is 4. The van der Waals surface area contributed by atoms with Crippen LogP contribution in [0.25, 0.3) is 0 Å². The van der Waals surface area contributed by atoms with Crippen LogP contribution < -0.4 is 0 Å². The summed E-state index contributed by atoms with van der Waals surface area (Å²) < 4.78 is 91.1. The van der Waals surface area contributed by atoms with Crippen molar-refractivity contribution in [2.24, 2.45) is 0 Å². The Morgan fingerprint density at radius 1 is 0.920 bits per heavy atom. The molecule has 0 radical (unpaired) electrons. The molecule has 142 valence electrons. The van der Waals surface area contributed by atoms with E-state index in [2.05, 4.69) is 9.80 Å². The number of halogens is 7. The number of piperazine rings is 1. The Labute approximate surface area is 141 Å². The van der Waals surface area contributed by atoms with Gasteiger partial charge in [-0.15, -0.1) is 0 Å². The van der Waals surface area contributed by atoms with E-state index in [0.29, 0.717) is 6.54 Å². The smallest absolute Gasteiger partial charge is 0.304 e. The van der Waals surface area contributed by atoms with Crippen LogP contribution in [0.1, 0.15) is 23.1 Å². The molecule has 1 fully saturated rings. The minimum absolute atomic E-state index is 0.00569. The minimum atomic E-state index is -5.04. The average molecular weight is 372 g/mol. The molecule has 0 atom stereocenters. The summed E-state index contributed by atoms with van der Waals surface area (Å²) in [6.45, 7) is 3.67. The van der Waals surface area contributed by atoms with Crippen molar-refractivity contribution in [3.05, 3.63) is 34.6 Å². The Morgan fingerprint density at radius 3 is 2.04 bits per heavy atom. The molecule has 0 aliphatic carbocycles. The zero-order chi connectivity index (χ0) is 18.8. The van der Waals surface area contributed by atoms with Crippen molar-refractivity contribution in [3.63, 3.8) is 0 Å². The molecule has 0 saturated carbocycles. The normalized spacial score (nSPS) is 17.9. The number of hydrogen-bond donors (Lipinski definition) is 0. The summed E-state index contributed by atoms with van der Waals surface area (Å²) in [5.41, 5.74) is -3.87. The highest BCUT2D eigenvalue weighted by Gasteiger charge is 2.39. The maximum atomic E-state index is 14.0. The molecule has 0 spiro atoms. The highest BCUT2D eigenvalue weighted by molar-refractivity contribution is 5.37. The van der Waals surface area contributed by atoms with Gasteiger partial charge in [-0.3, -0.25) is 0 Å². The molecule has 1 saturated heterocycles. The molecule has 0 aromatic heterocycles. The van der Waals surface area contributed by atoms with Crippen LogP contribution in [0.3, 0.4) is 0 Å². The number of benzene rings is 1. The lowest BCUT2D eigenvalue weighted by atomic mass is 9.98. The first-order valence-electron chi connectivity index (χ1n) is 7.86. The summed E-state index contributed by atoms with van der Waals surface area (Å²) in [6.07, 6.45) is -10.1. The molecule has 1 aliphatic rings. The lowest BCUT2D eigenvalue weighted by Crippen LogP contribution is -2.44. The van der Waals surface area contributed by atoms with Crippen molar-refractivity contribution in [3.8, 4) is 0 Å². The van der Waals surface area contributed by atoms with Crippen molar-refractivity contribution in [1.82, 2.24) is 9.80 Å². The van der Waals surface area contributed by atoms with E-state index in [1.54, 1.807) is 0 Å². The standard InChI is InChI=1S/C16H19F7N2/c1-24-5-7-25(8-6-24)4-2-3-12-13(16(21,22)23)9-11(10-14(12)17)15(18,19)20/h9-10H,2-8H2,1H3. The summed E-state index contributed by atoms with van der Waals surface area (Å²) in [4.78, 5) is 4.17. The predicted molar refractivity (Wildman–Crippen MR) is 78.7 cm³/mol. The van der Waals surface area contributed by atoms with E-state index in [-0.39, 0.29) is 25.0 Å². The molecule has 0 unspecified atom stereocenters. The SMILES string of the molecule is CN1CCN(CCCc2c(F)cc(C(F)(F)F)cc2C(F)(F)F)CC1. The van der Waals surface area contributed by atoms with Crippen molar-refractivity contribution in [2.75, 3.05) is 39.8 Å². The van der Waals surface area contributed by atoms with E-state index in [1.807, 2.05) is 7.05 Å². The number of likely N-dealkylation sites (N-methyl/N-ethyl adjacent to an activating group) is 1. The lowest BCUT2D eigenvalue weighted by Gasteiger charge is -2.32. The van der Waals surface area contributed by atoms with Crippen LogP contribution in [0.15, 0.2) is 12.1 Å². The third kappa shape index (κ3) is 5.31. The fourth-order valence-corrected chi connectivity index (χ4v) is 2.86. The molecule has 1 aromatic carbocycles. The molecule has 1 aromatic rings. The van der Waals surface area contributed by atoms with E-state index in [4.69, 9.17) is 0 Å². The van der Waals surface area contributed by atoms with Gasteiger partial charge in [0, 0.05) is 31.7 Å². The van der Waals surface area contributed by atoms with E-state index in [0.717, 1.165) is 26.2 Å². The second-order valence-corrected chi connectivity index (χ2v) is 6.23. The van der Waals surface area contributed by atoms with Gasteiger partial charge in [0.2, 0.25) is 0 Å². The molecule has 2 rings (SSSR count). The van der Waals surface area contributed by atoms with Gasteiger partial charge >= 0.3 is 12.4 Å². The summed E-state index contributed by atoms with van der Waals surface area (Å²) in [5, 5.41) is 0. The van der Waals surface area contributed by atoms with Gasteiger partial charge in [0.25, 0.3) is 0 Å². The summed E-state index contributed by atoms with van der Waals surface area (Å²) in [7, 11) is 1.96. The second-order valence-electron chi connectivity index (χ2n) is 6.23. The summed E-state index contributed by atoms with van der Waals surface area (Å²) in [6, 6.07) is 0.134. The van der Waals surface area contributed by atoms with Crippen molar-refractivity contribution in [2.45, 2.75) is 25.2 Å². The van der Waals surface area contributed by atoms with Crippen LogP contribution in [0.4, 0.5) is 30.7 Å². The molecule has 0 bridgehead atoms. The monoisotopic (exact) mass is 372 g/mol. The van der Waals surface area contributed by atoms with Crippen LogP contribution >= 0.6 is 0 Å². The Bertz CT molecular complexity index is 587. The first kappa shape index (κ1) is 20.0. The largest absolute Gasteiger partial charge is 0.416 e. The molecule has 9 heteroatoms. The van der Waals surface area contributed by atoms with E-state index in [1.165, 1.54) is 0 Å². The Kier molecular flexibility index (Phi) is 5.98. The van der Waals surface area contributed by atoms with Gasteiger partial charge in [-0.05, 0) is 38.6 Å². The van der Waals surface area contributed by atoms with Gasteiger partial charge in [0.05, 0.1) is 11.1 Å². The molecule has 1 aliphatic heterocycles. The zero-order valence-corrected chi connectivity index (χ0v) is 13.6. The van der Waals surface area contributed by atoms with Crippen molar-refractivity contribution in [1.29, 1.82) is 0 Å². The van der Waals surface area contributed by atoms with Crippen LogP contribution in [0.5, 0.6) is 0 Å². The van der Waals surface area contributed by atoms with Gasteiger partial charge in [-0.25, -0.2) is 4.39 Å². The van der Waals surface area contributed by atoms with Crippen LogP contribution in [0, 0.1) is 5.82 Å². The zero-order valence-electron chi connectivity index (χ0n) is 13.6. The lowest BCUT2D eigenvalue weighted by molar-refractivity contribution is -0.143. The van der Waals surface area contributed by atoms with Crippen LogP contribution in [0.2, 0.25) is 0 Å². The number of hydrogen-bond acceptors (Lipinski definition) is 2. The highest BCUT2D eigenvalue weighted by atomic mass is 19.4. The van der Waals surface area contributed by atoms with Crippen molar-refractivity contribution >= 4 is 0 Å². The van der Waals surface area contributed by atoms with E-state index in [9.17, 15) is 30.7 Å². The third-order valence-corrected chi connectivity index (χ3v) is 4.33. The molecule has 0 amide bonds. The van der Waals surface area contributed by atoms with Gasteiger partial charge in [-0.2, -0.15) is 26.3 Å². The quantitative estimate of drug-likeness (QED) is 0.736. The maximum absolute atomic E-state index is 14.0. The highest BCUT2D eigenvalue weighted by Crippen LogP contribution is 2.38. The molecular weight excluding hydrogens is 353 g/mol. The third-order valence-electron chi connectivity index (χ3n) is 4.33. The summed E-state index contributed by atoms with van der Waals surface area (Å²) in [5.74, 6) is -1.46. The first-order valence-corrected chi connectivity index (χ1v) is 7.86. The molecule has 25 heavy (non-hydrogen) atoms. The second kappa shape index (κ2) is 7.49. The first-order chi connectivity index (χ1) is 11.5. The van der Waals surface area contributed by atoms with Gasteiger partial charge in [-0.1, -0.05) is 0 Å². The number of alkyl halides is 6. The van der Waals surface area contributed by atoms with Crippen LogP contribution in [-0.2, 0) is 18.8 Å². The fraction of sp³-hybridized carbons (Fsp3) is 0.625. The molecule has 0 N–H and O–H groups in total. The predicted octanol–water partition coefficient (Wildman–Crippen LogP) is 4.04. The average Bonchev–Trinajstić information content (AvgIpc) is 2.48. The fourth-order valence-electron chi connectivity index (χ4n) is 2.86. The van der Waals surface area contributed by atoms with Crippen molar-refractivity contribution < 1.29 is 30.7 Å². The molecule has 1 heterocycles. The van der Waals surface area contributed by atoms with Gasteiger partial charge in [0.1, 0.15) is 5.82 Å². The maximum Gasteiger partial charge on any atom is 0.416 e. The Morgan fingerprint density at radius 2 is 1.52 bits per heavy atom. The van der Waals surface area contributed by atoms with E-state index >= 15 is 0 Å². The summed E-state index contributed by atoms with van der Waals surface area (Å²) >= 11 is 0. The molecular formula is C16H19F7N2. The Hall–Kier alpha value is -1.35. The Balaban J connectivity index is 2.13. The minimum Gasteiger partial charge on any atom is -0.304 e. The van der Waals surface area contributed by atoms with Gasteiger partial charge < -0.3 is 9.80 Å². The van der Waals surface area contributed by atoms with Gasteiger partial charge in [0.15, 0.2) is 0 Å².